The van der Waals surface area contributed by atoms with Crippen LogP contribution in [0.15, 0.2) is 0 Å². The third kappa shape index (κ3) is 7.59. The van der Waals surface area contributed by atoms with Crippen molar-refractivity contribution in [2.45, 2.75) is 6.92 Å². The first-order chi connectivity index (χ1) is 7.11. The maximum Gasteiger partial charge on any atom is 0.224 e. The number of likely N-dealkylation sites (N-methyl/N-ethyl adjacent to an activating group) is 1. The Morgan fingerprint density at radius 1 is 1.53 bits per heavy atom. The van der Waals surface area contributed by atoms with Gasteiger partial charge in [-0.1, -0.05) is 6.92 Å². The molecule has 0 spiro atoms. The lowest BCUT2D eigenvalue weighted by molar-refractivity contribution is -0.123. The molecule has 90 valence electrons. The topological polar surface area (TPSA) is 41.6 Å². The molecule has 1 amide bonds. The second-order valence-corrected chi connectivity index (χ2v) is 3.95. The molecule has 5 heteroatoms. The summed E-state index contributed by atoms with van der Waals surface area (Å²) in [6.07, 6.45) is 0. The first-order valence-corrected chi connectivity index (χ1v) is 5.66. The van der Waals surface area contributed by atoms with Gasteiger partial charge in [-0.3, -0.25) is 4.79 Å². The van der Waals surface area contributed by atoms with E-state index in [0.717, 1.165) is 13.1 Å². The molecule has 1 atom stereocenters. The van der Waals surface area contributed by atoms with Gasteiger partial charge in [0, 0.05) is 38.5 Å². The number of amides is 1. The molecule has 0 aromatic rings. The van der Waals surface area contributed by atoms with Crippen LogP contribution in [0, 0.1) is 5.92 Å². The zero-order valence-electron chi connectivity index (χ0n) is 9.75. The van der Waals surface area contributed by atoms with Gasteiger partial charge in [0.25, 0.3) is 0 Å². The van der Waals surface area contributed by atoms with Crippen LogP contribution < -0.4 is 5.32 Å². The largest absolute Gasteiger partial charge is 0.383 e. The van der Waals surface area contributed by atoms with Crippen LogP contribution in [-0.4, -0.2) is 57.1 Å². The number of ether oxygens (including phenoxy) is 1. The third-order valence-electron chi connectivity index (χ3n) is 2.15. The van der Waals surface area contributed by atoms with E-state index in [-0.39, 0.29) is 11.8 Å². The summed E-state index contributed by atoms with van der Waals surface area (Å²) < 4.78 is 4.95. The SMILES string of the molecule is COCCN(C)CCNC(=O)C(C)CCl. The zero-order valence-corrected chi connectivity index (χ0v) is 10.5. The molecule has 0 aliphatic carbocycles. The Kier molecular flexibility index (Phi) is 8.76. The van der Waals surface area contributed by atoms with Gasteiger partial charge in [0.1, 0.15) is 0 Å². The summed E-state index contributed by atoms with van der Waals surface area (Å²) in [5.41, 5.74) is 0. The van der Waals surface area contributed by atoms with Gasteiger partial charge in [-0.15, -0.1) is 11.6 Å². The Balaban J connectivity index is 3.48. The fraction of sp³-hybridized carbons (Fsp3) is 0.900. The van der Waals surface area contributed by atoms with Gasteiger partial charge < -0.3 is 15.0 Å². The summed E-state index contributed by atoms with van der Waals surface area (Å²) in [6, 6.07) is 0. The van der Waals surface area contributed by atoms with Crippen LogP contribution in [-0.2, 0) is 9.53 Å². The average molecular weight is 237 g/mol. The van der Waals surface area contributed by atoms with Crippen molar-refractivity contribution in [3.63, 3.8) is 0 Å². The van der Waals surface area contributed by atoms with Crippen molar-refractivity contribution in [3.05, 3.63) is 0 Å². The lowest BCUT2D eigenvalue weighted by Gasteiger charge is -2.17. The number of carbonyl (C=O) groups is 1. The van der Waals surface area contributed by atoms with Crippen molar-refractivity contribution < 1.29 is 9.53 Å². The Morgan fingerprint density at radius 3 is 2.73 bits per heavy atom. The minimum atomic E-state index is -0.115. The van der Waals surface area contributed by atoms with Crippen LogP contribution >= 0.6 is 11.6 Å². The molecule has 4 nitrogen and oxygen atoms in total. The van der Waals surface area contributed by atoms with E-state index in [2.05, 4.69) is 10.2 Å². The summed E-state index contributed by atoms with van der Waals surface area (Å²) in [4.78, 5) is 13.4. The molecule has 0 aromatic carbocycles. The zero-order chi connectivity index (χ0) is 11.7. The van der Waals surface area contributed by atoms with Crippen molar-refractivity contribution in [2.24, 2.45) is 5.92 Å². The summed E-state index contributed by atoms with van der Waals surface area (Å²) in [7, 11) is 3.67. The van der Waals surface area contributed by atoms with E-state index in [1.54, 1.807) is 7.11 Å². The number of carbonyl (C=O) groups excluding carboxylic acids is 1. The number of halogens is 1. The van der Waals surface area contributed by atoms with Crippen molar-refractivity contribution in [1.29, 1.82) is 0 Å². The van der Waals surface area contributed by atoms with E-state index >= 15 is 0 Å². The molecule has 0 aliphatic heterocycles. The monoisotopic (exact) mass is 236 g/mol. The van der Waals surface area contributed by atoms with E-state index in [4.69, 9.17) is 16.3 Å². The Hall–Kier alpha value is -0.320. The molecule has 0 aromatic heterocycles. The number of hydrogen-bond acceptors (Lipinski definition) is 3. The first kappa shape index (κ1) is 14.7. The summed E-state index contributed by atoms with van der Waals surface area (Å²) >= 11 is 5.57. The third-order valence-corrected chi connectivity index (χ3v) is 2.61. The van der Waals surface area contributed by atoms with Gasteiger partial charge in [-0.2, -0.15) is 0 Å². The summed E-state index contributed by atoms with van der Waals surface area (Å²) in [5, 5.41) is 2.83. The highest BCUT2D eigenvalue weighted by Crippen LogP contribution is 1.96. The number of nitrogens with zero attached hydrogens (tertiary/aromatic N) is 1. The highest BCUT2D eigenvalue weighted by Gasteiger charge is 2.10. The molecule has 1 unspecified atom stereocenters. The number of nitrogens with one attached hydrogen (secondary N) is 1. The van der Waals surface area contributed by atoms with Crippen molar-refractivity contribution in [1.82, 2.24) is 10.2 Å². The van der Waals surface area contributed by atoms with Gasteiger partial charge in [-0.05, 0) is 7.05 Å². The predicted molar refractivity (Wildman–Crippen MR) is 62.3 cm³/mol. The Labute approximate surface area is 96.9 Å². The maximum atomic E-state index is 11.3. The molecule has 1 N–H and O–H groups in total. The molecule has 0 bridgehead atoms. The second-order valence-electron chi connectivity index (χ2n) is 3.64. The van der Waals surface area contributed by atoms with Crippen LogP contribution in [0.4, 0.5) is 0 Å². The van der Waals surface area contributed by atoms with E-state index in [1.807, 2.05) is 14.0 Å². The molecule has 0 rings (SSSR count). The fourth-order valence-electron chi connectivity index (χ4n) is 0.973. The van der Waals surface area contributed by atoms with Gasteiger partial charge in [0.15, 0.2) is 0 Å². The average Bonchev–Trinajstić information content (AvgIpc) is 2.24. The van der Waals surface area contributed by atoms with Gasteiger partial charge in [-0.25, -0.2) is 0 Å². The minimum Gasteiger partial charge on any atom is -0.383 e. The Bertz CT molecular complexity index is 179. The fourth-order valence-corrected chi connectivity index (χ4v) is 1.11. The highest BCUT2D eigenvalue weighted by atomic mass is 35.5. The molecule has 15 heavy (non-hydrogen) atoms. The standard InChI is InChI=1S/C10H21ClN2O2/c1-9(8-11)10(14)12-4-5-13(2)6-7-15-3/h9H,4-8H2,1-3H3,(H,12,14). The van der Waals surface area contributed by atoms with Crippen LogP contribution in [0.3, 0.4) is 0 Å². The minimum absolute atomic E-state index is 0.0186. The number of alkyl halides is 1. The van der Waals surface area contributed by atoms with E-state index < -0.39 is 0 Å². The van der Waals surface area contributed by atoms with Crippen LogP contribution in [0.1, 0.15) is 6.92 Å². The molecule has 0 saturated heterocycles. The molecule has 0 fully saturated rings. The lowest BCUT2D eigenvalue weighted by Crippen LogP contribution is -2.37. The highest BCUT2D eigenvalue weighted by molar-refractivity contribution is 6.19. The first-order valence-electron chi connectivity index (χ1n) is 5.13. The van der Waals surface area contributed by atoms with Crippen LogP contribution in [0.5, 0.6) is 0 Å². The van der Waals surface area contributed by atoms with Gasteiger partial charge in [0.05, 0.1) is 6.61 Å². The van der Waals surface area contributed by atoms with Crippen molar-refractivity contribution >= 4 is 17.5 Å². The predicted octanol–water partition coefficient (Wildman–Crippen LogP) is 0.556. The van der Waals surface area contributed by atoms with Gasteiger partial charge >= 0.3 is 0 Å². The second kappa shape index (κ2) is 8.95. The van der Waals surface area contributed by atoms with Gasteiger partial charge in [0.2, 0.25) is 5.91 Å². The normalized spacial score (nSPS) is 12.9. The quantitative estimate of drug-likeness (QED) is 0.626. The van der Waals surface area contributed by atoms with Crippen LogP contribution in [0.2, 0.25) is 0 Å². The molecule has 0 aliphatic rings. The number of rotatable bonds is 8. The smallest absolute Gasteiger partial charge is 0.224 e. The van der Waals surface area contributed by atoms with Crippen molar-refractivity contribution in [2.75, 3.05) is 46.3 Å². The lowest BCUT2D eigenvalue weighted by atomic mass is 10.2. The molecule has 0 saturated carbocycles. The van der Waals surface area contributed by atoms with E-state index in [9.17, 15) is 4.79 Å². The number of methoxy groups -OCH3 is 1. The maximum absolute atomic E-state index is 11.3. The van der Waals surface area contributed by atoms with E-state index in [1.165, 1.54) is 0 Å². The molecule has 0 radical (unpaired) electrons. The number of hydrogen-bond donors (Lipinski definition) is 1. The van der Waals surface area contributed by atoms with Crippen molar-refractivity contribution in [3.8, 4) is 0 Å². The molecule has 0 heterocycles. The molecular weight excluding hydrogens is 216 g/mol. The Morgan fingerprint density at radius 2 is 2.20 bits per heavy atom. The van der Waals surface area contributed by atoms with Crippen LogP contribution in [0.25, 0.3) is 0 Å². The van der Waals surface area contributed by atoms with E-state index in [0.29, 0.717) is 19.0 Å². The molecular formula is C10H21ClN2O2. The summed E-state index contributed by atoms with van der Waals surface area (Å²) in [5.74, 6) is 0.270. The summed E-state index contributed by atoms with van der Waals surface area (Å²) in [6.45, 7) is 4.88.